The van der Waals surface area contributed by atoms with Crippen molar-refractivity contribution in [1.82, 2.24) is 4.90 Å². The van der Waals surface area contributed by atoms with Gasteiger partial charge in [0.2, 0.25) is 0 Å². The summed E-state index contributed by atoms with van der Waals surface area (Å²) >= 11 is 3.74. The standard InChI is InChI=1S/C13H24BrN/c1-12(2)7-8-15(10-12)11-13(9-14)5-3-4-6-13/h3-11H2,1-2H3. The molecule has 0 aromatic heterocycles. The maximum absolute atomic E-state index is 3.74. The lowest BCUT2D eigenvalue weighted by Gasteiger charge is -2.32. The van der Waals surface area contributed by atoms with Gasteiger partial charge < -0.3 is 4.90 Å². The van der Waals surface area contributed by atoms with E-state index in [4.69, 9.17) is 0 Å². The molecule has 0 unspecified atom stereocenters. The van der Waals surface area contributed by atoms with Crippen molar-refractivity contribution >= 4 is 15.9 Å². The molecule has 0 radical (unpaired) electrons. The molecule has 1 aliphatic carbocycles. The van der Waals surface area contributed by atoms with Crippen molar-refractivity contribution in [3.05, 3.63) is 0 Å². The summed E-state index contributed by atoms with van der Waals surface area (Å²) < 4.78 is 0. The summed E-state index contributed by atoms with van der Waals surface area (Å²) in [6.45, 7) is 8.77. The zero-order valence-electron chi connectivity index (χ0n) is 10.2. The lowest BCUT2D eigenvalue weighted by atomic mass is 9.88. The van der Waals surface area contributed by atoms with Gasteiger partial charge in [0, 0.05) is 18.4 Å². The average Bonchev–Trinajstić information content (AvgIpc) is 2.75. The van der Waals surface area contributed by atoms with Crippen LogP contribution in [-0.2, 0) is 0 Å². The van der Waals surface area contributed by atoms with Gasteiger partial charge in [0.25, 0.3) is 0 Å². The third-order valence-corrected chi connectivity index (χ3v) is 5.45. The maximum Gasteiger partial charge on any atom is 0.0100 e. The van der Waals surface area contributed by atoms with E-state index in [2.05, 4.69) is 34.7 Å². The number of halogens is 1. The molecule has 88 valence electrons. The number of hydrogen-bond acceptors (Lipinski definition) is 1. The lowest BCUT2D eigenvalue weighted by Crippen LogP contribution is -2.36. The number of alkyl halides is 1. The third kappa shape index (κ3) is 2.76. The SMILES string of the molecule is CC1(C)CCN(CC2(CBr)CCCC2)C1. The quantitative estimate of drug-likeness (QED) is 0.710. The molecule has 0 atom stereocenters. The molecule has 1 aliphatic heterocycles. The van der Waals surface area contributed by atoms with Gasteiger partial charge >= 0.3 is 0 Å². The highest BCUT2D eigenvalue weighted by atomic mass is 79.9. The molecule has 0 aromatic rings. The van der Waals surface area contributed by atoms with Crippen molar-refractivity contribution in [2.45, 2.75) is 46.0 Å². The number of hydrogen-bond donors (Lipinski definition) is 0. The van der Waals surface area contributed by atoms with Crippen LogP contribution >= 0.6 is 15.9 Å². The van der Waals surface area contributed by atoms with Gasteiger partial charge in [-0.15, -0.1) is 0 Å². The predicted molar refractivity (Wildman–Crippen MR) is 69.5 cm³/mol. The summed E-state index contributed by atoms with van der Waals surface area (Å²) in [5, 5.41) is 1.21. The molecular weight excluding hydrogens is 250 g/mol. The molecular formula is C13H24BrN. The Labute approximate surface area is 103 Å². The van der Waals surface area contributed by atoms with E-state index in [1.54, 1.807) is 0 Å². The Kier molecular flexibility index (Phi) is 3.47. The normalized spacial score (nSPS) is 29.8. The average molecular weight is 274 g/mol. The Bertz CT molecular complexity index is 219. The van der Waals surface area contributed by atoms with Crippen LogP contribution in [0.4, 0.5) is 0 Å². The first-order chi connectivity index (χ1) is 7.05. The first-order valence-corrected chi connectivity index (χ1v) is 7.46. The van der Waals surface area contributed by atoms with Gasteiger partial charge in [-0.2, -0.15) is 0 Å². The van der Waals surface area contributed by atoms with Crippen LogP contribution in [0.3, 0.4) is 0 Å². The molecule has 2 fully saturated rings. The van der Waals surface area contributed by atoms with Crippen LogP contribution in [0.15, 0.2) is 0 Å². The summed E-state index contributed by atoms with van der Waals surface area (Å²) in [5.41, 5.74) is 1.17. The minimum atomic E-state index is 0.562. The molecule has 0 bridgehead atoms. The van der Waals surface area contributed by atoms with Gasteiger partial charge in [0.05, 0.1) is 0 Å². The van der Waals surface area contributed by atoms with Crippen LogP contribution in [0.25, 0.3) is 0 Å². The minimum absolute atomic E-state index is 0.562. The fourth-order valence-corrected chi connectivity index (χ4v) is 4.03. The smallest absolute Gasteiger partial charge is 0.0100 e. The number of rotatable bonds is 3. The van der Waals surface area contributed by atoms with E-state index in [0.717, 1.165) is 0 Å². The molecule has 15 heavy (non-hydrogen) atoms. The van der Waals surface area contributed by atoms with Crippen molar-refractivity contribution in [2.75, 3.05) is 25.0 Å². The number of nitrogens with zero attached hydrogens (tertiary/aromatic N) is 1. The van der Waals surface area contributed by atoms with Crippen LogP contribution in [0, 0.1) is 10.8 Å². The fourth-order valence-electron chi connectivity index (χ4n) is 3.29. The number of likely N-dealkylation sites (tertiary alicyclic amines) is 1. The summed E-state index contributed by atoms with van der Waals surface area (Å²) in [4.78, 5) is 2.70. The summed E-state index contributed by atoms with van der Waals surface area (Å²) in [6, 6.07) is 0. The van der Waals surface area contributed by atoms with E-state index >= 15 is 0 Å². The molecule has 2 heteroatoms. The summed E-state index contributed by atoms with van der Waals surface area (Å²) in [5.74, 6) is 0. The van der Waals surface area contributed by atoms with Gasteiger partial charge in [-0.05, 0) is 36.6 Å². The topological polar surface area (TPSA) is 3.24 Å². The Balaban J connectivity index is 1.91. The Morgan fingerprint density at radius 1 is 1.13 bits per heavy atom. The second-order valence-electron chi connectivity index (χ2n) is 6.47. The fraction of sp³-hybridized carbons (Fsp3) is 1.00. The van der Waals surface area contributed by atoms with E-state index in [-0.39, 0.29) is 0 Å². The highest BCUT2D eigenvalue weighted by Gasteiger charge is 2.38. The molecule has 1 nitrogen and oxygen atoms in total. The Hall–Kier alpha value is 0.440. The van der Waals surface area contributed by atoms with Crippen molar-refractivity contribution < 1.29 is 0 Å². The van der Waals surface area contributed by atoms with Crippen LogP contribution in [-0.4, -0.2) is 29.9 Å². The highest BCUT2D eigenvalue weighted by molar-refractivity contribution is 9.09. The van der Waals surface area contributed by atoms with E-state index in [1.165, 1.54) is 57.1 Å². The van der Waals surface area contributed by atoms with Gasteiger partial charge in [0.1, 0.15) is 0 Å². The molecule has 0 spiro atoms. The molecule has 0 N–H and O–H groups in total. The van der Waals surface area contributed by atoms with E-state index in [1.807, 2.05) is 0 Å². The molecule has 1 saturated carbocycles. The molecule has 0 aromatic carbocycles. The predicted octanol–water partition coefficient (Wildman–Crippen LogP) is 3.67. The van der Waals surface area contributed by atoms with Crippen molar-refractivity contribution in [3.8, 4) is 0 Å². The lowest BCUT2D eigenvalue weighted by molar-refractivity contribution is 0.187. The van der Waals surface area contributed by atoms with Gasteiger partial charge in [-0.25, -0.2) is 0 Å². The Morgan fingerprint density at radius 3 is 2.27 bits per heavy atom. The second-order valence-corrected chi connectivity index (χ2v) is 7.03. The summed E-state index contributed by atoms with van der Waals surface area (Å²) in [7, 11) is 0. The molecule has 2 aliphatic rings. The van der Waals surface area contributed by atoms with Crippen molar-refractivity contribution in [3.63, 3.8) is 0 Å². The van der Waals surface area contributed by atoms with Crippen LogP contribution in [0.5, 0.6) is 0 Å². The van der Waals surface area contributed by atoms with Crippen LogP contribution < -0.4 is 0 Å². The van der Waals surface area contributed by atoms with Gasteiger partial charge in [-0.3, -0.25) is 0 Å². The molecule has 0 amide bonds. The molecule has 2 rings (SSSR count). The monoisotopic (exact) mass is 273 g/mol. The third-order valence-electron chi connectivity index (χ3n) is 4.26. The van der Waals surface area contributed by atoms with Crippen molar-refractivity contribution in [1.29, 1.82) is 0 Å². The largest absolute Gasteiger partial charge is 0.302 e. The maximum atomic E-state index is 3.74. The summed E-state index contributed by atoms with van der Waals surface area (Å²) in [6.07, 6.45) is 7.15. The van der Waals surface area contributed by atoms with E-state index < -0.39 is 0 Å². The zero-order chi connectivity index (χ0) is 10.9. The first kappa shape index (κ1) is 11.9. The van der Waals surface area contributed by atoms with E-state index in [9.17, 15) is 0 Å². The van der Waals surface area contributed by atoms with Crippen LogP contribution in [0.1, 0.15) is 46.0 Å². The van der Waals surface area contributed by atoms with Crippen LogP contribution in [0.2, 0.25) is 0 Å². The Morgan fingerprint density at radius 2 is 1.80 bits per heavy atom. The zero-order valence-corrected chi connectivity index (χ0v) is 11.8. The van der Waals surface area contributed by atoms with E-state index in [0.29, 0.717) is 10.8 Å². The van der Waals surface area contributed by atoms with Gasteiger partial charge in [-0.1, -0.05) is 42.6 Å². The molecule has 1 saturated heterocycles. The minimum Gasteiger partial charge on any atom is -0.302 e. The highest BCUT2D eigenvalue weighted by Crippen LogP contribution is 2.42. The first-order valence-electron chi connectivity index (χ1n) is 6.34. The molecule has 1 heterocycles. The van der Waals surface area contributed by atoms with Gasteiger partial charge in [0.15, 0.2) is 0 Å². The van der Waals surface area contributed by atoms with Crippen molar-refractivity contribution in [2.24, 2.45) is 10.8 Å². The second kappa shape index (κ2) is 4.37.